The van der Waals surface area contributed by atoms with Crippen molar-refractivity contribution in [1.82, 2.24) is 5.32 Å². The van der Waals surface area contributed by atoms with Crippen molar-refractivity contribution >= 4 is 13.8 Å². The monoisotopic (exact) mass is 213 g/mol. The van der Waals surface area contributed by atoms with Crippen molar-refractivity contribution < 1.29 is 28.8 Å². The molecule has 0 aromatic carbocycles. The molecule has 1 unspecified atom stereocenters. The fourth-order valence-electron chi connectivity index (χ4n) is 0.636. The molecule has 0 spiro atoms. The van der Waals surface area contributed by atoms with Gasteiger partial charge >= 0.3 is 13.8 Å². The Bertz CT molecular complexity index is 213. The SMILES string of the molecule is CCNC(COP(=O)(O)O)C(=O)O. The van der Waals surface area contributed by atoms with E-state index in [9.17, 15) is 9.36 Å². The van der Waals surface area contributed by atoms with E-state index in [2.05, 4.69) is 9.84 Å². The number of carboxylic acids is 1. The maximum atomic E-state index is 10.4. The number of aliphatic carboxylic acids is 1. The first-order chi connectivity index (χ1) is 5.87. The highest BCUT2D eigenvalue weighted by molar-refractivity contribution is 7.46. The average molecular weight is 213 g/mol. The number of hydrogen-bond donors (Lipinski definition) is 4. The lowest BCUT2D eigenvalue weighted by Gasteiger charge is -2.13. The van der Waals surface area contributed by atoms with Crippen LogP contribution in [-0.2, 0) is 13.9 Å². The molecule has 0 saturated carbocycles. The van der Waals surface area contributed by atoms with Crippen LogP contribution in [0.1, 0.15) is 6.92 Å². The Morgan fingerprint density at radius 3 is 2.46 bits per heavy atom. The van der Waals surface area contributed by atoms with Crippen molar-refractivity contribution in [2.24, 2.45) is 0 Å². The molecule has 13 heavy (non-hydrogen) atoms. The summed E-state index contributed by atoms with van der Waals surface area (Å²) < 4.78 is 14.2. The molecular formula is C5H12NO6P. The third-order valence-electron chi connectivity index (χ3n) is 1.16. The average Bonchev–Trinajstić information content (AvgIpc) is 1.95. The second kappa shape index (κ2) is 5.31. The van der Waals surface area contributed by atoms with Gasteiger partial charge in [0.05, 0.1) is 6.61 Å². The summed E-state index contributed by atoms with van der Waals surface area (Å²) in [6.45, 7) is 1.49. The van der Waals surface area contributed by atoms with E-state index in [0.717, 1.165) is 0 Å². The van der Waals surface area contributed by atoms with Gasteiger partial charge in [0.15, 0.2) is 0 Å². The first-order valence-corrected chi connectivity index (χ1v) is 5.06. The number of carbonyl (C=O) groups is 1. The molecule has 0 amide bonds. The summed E-state index contributed by atoms with van der Waals surface area (Å²) in [7, 11) is -4.59. The van der Waals surface area contributed by atoms with Gasteiger partial charge in [0.25, 0.3) is 0 Å². The normalized spacial score (nSPS) is 14.1. The molecular weight excluding hydrogens is 201 g/mol. The Morgan fingerprint density at radius 2 is 2.15 bits per heavy atom. The topological polar surface area (TPSA) is 116 Å². The molecule has 0 bridgehead atoms. The summed E-state index contributed by atoms with van der Waals surface area (Å²) in [6, 6.07) is -1.10. The van der Waals surface area contributed by atoms with Crippen molar-refractivity contribution in [2.45, 2.75) is 13.0 Å². The van der Waals surface area contributed by atoms with Gasteiger partial charge in [0.1, 0.15) is 6.04 Å². The molecule has 0 rings (SSSR count). The van der Waals surface area contributed by atoms with Gasteiger partial charge in [-0.25, -0.2) is 4.57 Å². The Balaban J connectivity index is 3.97. The van der Waals surface area contributed by atoms with Crippen LogP contribution in [-0.4, -0.2) is 40.1 Å². The molecule has 78 valence electrons. The molecule has 1 atom stereocenters. The summed E-state index contributed by atoms with van der Waals surface area (Å²) in [5.41, 5.74) is 0. The minimum absolute atomic E-state index is 0.376. The van der Waals surface area contributed by atoms with Crippen molar-refractivity contribution in [2.75, 3.05) is 13.2 Å². The van der Waals surface area contributed by atoms with Crippen molar-refractivity contribution in [1.29, 1.82) is 0 Å². The molecule has 0 aromatic heterocycles. The maximum Gasteiger partial charge on any atom is 0.469 e. The quantitative estimate of drug-likeness (QED) is 0.425. The van der Waals surface area contributed by atoms with E-state index in [4.69, 9.17) is 14.9 Å². The molecule has 7 nitrogen and oxygen atoms in total. The van der Waals surface area contributed by atoms with Crippen LogP contribution in [0.5, 0.6) is 0 Å². The Hall–Kier alpha value is -0.460. The van der Waals surface area contributed by atoms with Crippen LogP contribution in [0.25, 0.3) is 0 Å². The van der Waals surface area contributed by atoms with Crippen LogP contribution < -0.4 is 5.32 Å². The van der Waals surface area contributed by atoms with Crippen molar-refractivity contribution in [3.05, 3.63) is 0 Å². The second-order valence-electron chi connectivity index (χ2n) is 2.23. The molecule has 0 aromatic rings. The Morgan fingerprint density at radius 1 is 1.62 bits per heavy atom. The van der Waals surface area contributed by atoms with Gasteiger partial charge in [0, 0.05) is 0 Å². The second-order valence-corrected chi connectivity index (χ2v) is 3.47. The fraction of sp³-hybridized carbons (Fsp3) is 0.800. The summed E-state index contributed by atoms with van der Waals surface area (Å²) >= 11 is 0. The maximum absolute atomic E-state index is 10.4. The van der Waals surface area contributed by atoms with Crippen LogP contribution in [0.3, 0.4) is 0 Å². The van der Waals surface area contributed by atoms with Gasteiger partial charge in [-0.05, 0) is 6.54 Å². The standard InChI is InChI=1S/C5H12NO6P/c1-2-6-4(5(7)8)3-12-13(9,10)11/h4,6H,2-3H2,1H3,(H,7,8)(H2,9,10,11). The zero-order valence-electron chi connectivity index (χ0n) is 7.01. The predicted molar refractivity (Wildman–Crippen MR) is 43.1 cm³/mol. The minimum Gasteiger partial charge on any atom is -0.480 e. The molecule has 0 aliphatic carbocycles. The first kappa shape index (κ1) is 12.5. The lowest BCUT2D eigenvalue weighted by Crippen LogP contribution is -2.40. The third-order valence-corrected chi connectivity index (χ3v) is 1.64. The van der Waals surface area contributed by atoms with E-state index in [1.807, 2.05) is 0 Å². The van der Waals surface area contributed by atoms with Gasteiger partial charge in [-0.2, -0.15) is 0 Å². The number of nitrogens with one attached hydrogen (secondary N) is 1. The predicted octanol–water partition coefficient (Wildman–Crippen LogP) is -0.842. The summed E-state index contributed by atoms with van der Waals surface area (Å²) in [4.78, 5) is 27.0. The van der Waals surface area contributed by atoms with Gasteiger partial charge in [-0.3, -0.25) is 9.32 Å². The third kappa shape index (κ3) is 6.68. The minimum atomic E-state index is -4.59. The molecule has 0 aliphatic rings. The number of phosphoric acid groups is 1. The molecule has 0 saturated heterocycles. The number of hydrogen-bond acceptors (Lipinski definition) is 4. The zero-order chi connectivity index (χ0) is 10.5. The Kier molecular flexibility index (Phi) is 5.12. The number of phosphoric ester groups is 1. The van der Waals surface area contributed by atoms with Crippen molar-refractivity contribution in [3.63, 3.8) is 0 Å². The lowest BCUT2D eigenvalue weighted by molar-refractivity contribution is -0.140. The number of carboxylic acid groups (broad SMARTS) is 1. The summed E-state index contributed by atoms with van der Waals surface area (Å²) in [5, 5.41) is 11.0. The number of likely N-dealkylation sites (N-methyl/N-ethyl adjacent to an activating group) is 1. The highest BCUT2D eigenvalue weighted by Gasteiger charge is 2.22. The zero-order valence-corrected chi connectivity index (χ0v) is 7.90. The van der Waals surface area contributed by atoms with E-state index in [-0.39, 0.29) is 0 Å². The highest BCUT2D eigenvalue weighted by Crippen LogP contribution is 2.35. The van der Waals surface area contributed by atoms with Gasteiger partial charge in [-0.1, -0.05) is 6.92 Å². The number of rotatable bonds is 6. The summed E-state index contributed by atoms with van der Waals surface area (Å²) in [6.07, 6.45) is 0. The molecule has 0 heterocycles. The smallest absolute Gasteiger partial charge is 0.469 e. The molecule has 0 aliphatic heterocycles. The van der Waals surface area contributed by atoms with E-state index in [1.165, 1.54) is 0 Å². The lowest BCUT2D eigenvalue weighted by atomic mass is 10.3. The molecule has 0 fully saturated rings. The van der Waals surface area contributed by atoms with E-state index in [0.29, 0.717) is 6.54 Å². The van der Waals surface area contributed by atoms with Gasteiger partial charge < -0.3 is 20.2 Å². The van der Waals surface area contributed by atoms with Gasteiger partial charge in [-0.15, -0.1) is 0 Å². The Labute approximate surface area is 75.0 Å². The van der Waals surface area contributed by atoms with Crippen molar-refractivity contribution in [3.8, 4) is 0 Å². The van der Waals surface area contributed by atoms with Crippen LogP contribution in [0.2, 0.25) is 0 Å². The first-order valence-electron chi connectivity index (χ1n) is 3.53. The molecule has 8 heteroatoms. The van der Waals surface area contributed by atoms with E-state index >= 15 is 0 Å². The van der Waals surface area contributed by atoms with Crippen LogP contribution >= 0.6 is 7.82 Å². The van der Waals surface area contributed by atoms with E-state index in [1.54, 1.807) is 6.92 Å². The fourth-order valence-corrected chi connectivity index (χ4v) is 0.979. The van der Waals surface area contributed by atoms with Crippen LogP contribution in [0.4, 0.5) is 0 Å². The highest BCUT2D eigenvalue weighted by atomic mass is 31.2. The molecule has 4 N–H and O–H groups in total. The van der Waals surface area contributed by atoms with Gasteiger partial charge in [0.2, 0.25) is 0 Å². The van der Waals surface area contributed by atoms with E-state index < -0.39 is 26.4 Å². The molecule has 0 radical (unpaired) electrons. The van der Waals surface area contributed by atoms with Crippen LogP contribution in [0, 0.1) is 0 Å². The summed E-state index contributed by atoms with van der Waals surface area (Å²) in [5.74, 6) is -1.21. The largest absolute Gasteiger partial charge is 0.480 e. The van der Waals surface area contributed by atoms with Crippen LogP contribution in [0.15, 0.2) is 0 Å².